The van der Waals surface area contributed by atoms with Gasteiger partial charge in [-0.25, -0.2) is 9.80 Å². The minimum atomic E-state index is -0.674. The highest BCUT2D eigenvalue weighted by atomic mass is 16.2. The van der Waals surface area contributed by atoms with Crippen molar-refractivity contribution in [1.82, 2.24) is 30.5 Å². The maximum atomic E-state index is 13.9. The lowest BCUT2D eigenvalue weighted by Gasteiger charge is -2.30. The molecule has 2 aromatic carbocycles. The number of pyridine rings is 2. The quantitative estimate of drug-likeness (QED) is 0.131. The van der Waals surface area contributed by atoms with Gasteiger partial charge >= 0.3 is 6.03 Å². The Morgan fingerprint density at radius 3 is 2.46 bits per heavy atom. The zero-order valence-electron chi connectivity index (χ0n) is 31.1. The molecular weight excluding hydrogens is 683 g/mol. The van der Waals surface area contributed by atoms with Crippen LogP contribution < -0.4 is 21.7 Å². The van der Waals surface area contributed by atoms with Crippen LogP contribution in [-0.4, -0.2) is 74.5 Å². The number of fused-ring (bicyclic) bond motifs is 2. The Labute approximate surface area is 315 Å². The minimum Gasteiger partial charge on any atom is -0.354 e. The average molecular weight is 732 g/mol. The molecule has 0 saturated carbocycles. The Hall–Kier alpha value is -5.69. The molecule has 5 amide bonds. The van der Waals surface area contributed by atoms with Gasteiger partial charge in [-0.1, -0.05) is 57.0 Å². The highest BCUT2D eigenvalue weighted by molar-refractivity contribution is 6.06. The number of unbranched alkanes of at least 4 members (excludes halogenated alkanes) is 3. The van der Waals surface area contributed by atoms with Crippen LogP contribution in [0.3, 0.4) is 0 Å². The number of carbonyl (C=O) groups excluding carboxylic acids is 4. The van der Waals surface area contributed by atoms with E-state index in [-0.39, 0.29) is 29.7 Å². The lowest BCUT2D eigenvalue weighted by molar-refractivity contribution is -0.133. The van der Waals surface area contributed by atoms with Crippen LogP contribution in [-0.2, 0) is 27.5 Å². The van der Waals surface area contributed by atoms with E-state index >= 15 is 0 Å². The van der Waals surface area contributed by atoms with Crippen LogP contribution in [0, 0.1) is 5.92 Å². The second kappa shape index (κ2) is 17.4. The molecule has 0 aliphatic carbocycles. The number of rotatable bonds is 14. The van der Waals surface area contributed by atoms with Crippen molar-refractivity contribution in [3.63, 3.8) is 0 Å². The molecule has 0 bridgehead atoms. The van der Waals surface area contributed by atoms with Gasteiger partial charge in [0.25, 0.3) is 5.91 Å². The molecule has 5 N–H and O–H groups in total. The van der Waals surface area contributed by atoms with E-state index in [1.807, 2.05) is 74.5 Å². The van der Waals surface area contributed by atoms with Gasteiger partial charge in [-0.2, -0.15) is 5.10 Å². The number of hydrogen-bond donors (Lipinski definition) is 4. The van der Waals surface area contributed by atoms with E-state index in [9.17, 15) is 19.2 Å². The molecule has 2 aliphatic rings. The Morgan fingerprint density at radius 1 is 0.907 bits per heavy atom. The van der Waals surface area contributed by atoms with Gasteiger partial charge in [-0.05, 0) is 78.3 Å². The maximum Gasteiger partial charge on any atom is 0.322 e. The monoisotopic (exact) mass is 731 g/mol. The summed E-state index contributed by atoms with van der Waals surface area (Å²) in [5.41, 5.74) is 12.1. The van der Waals surface area contributed by atoms with Crippen LogP contribution in [0.1, 0.15) is 81.0 Å². The van der Waals surface area contributed by atoms with E-state index in [1.54, 1.807) is 35.4 Å². The molecule has 4 heterocycles. The number of amides is 5. The van der Waals surface area contributed by atoms with E-state index in [1.165, 1.54) is 0 Å². The molecule has 2 aromatic heterocycles. The summed E-state index contributed by atoms with van der Waals surface area (Å²) in [5, 5.41) is 16.0. The first-order valence-corrected chi connectivity index (χ1v) is 18.7. The summed E-state index contributed by atoms with van der Waals surface area (Å²) in [6.07, 6.45) is 8.93. The third kappa shape index (κ3) is 9.26. The zero-order valence-corrected chi connectivity index (χ0v) is 31.1. The van der Waals surface area contributed by atoms with E-state index in [2.05, 4.69) is 25.9 Å². The highest BCUT2D eigenvalue weighted by Gasteiger charge is 2.33. The normalized spacial score (nSPS) is 16.5. The van der Waals surface area contributed by atoms with Crippen LogP contribution in [0.5, 0.6) is 0 Å². The minimum absolute atomic E-state index is 0.0232. The van der Waals surface area contributed by atoms with E-state index in [0.717, 1.165) is 64.6 Å². The van der Waals surface area contributed by atoms with Gasteiger partial charge in [0.05, 0.1) is 23.2 Å². The van der Waals surface area contributed by atoms with Crippen molar-refractivity contribution in [2.24, 2.45) is 16.8 Å². The SMILES string of the molecule is CC(C)C(N)C(=O)N[C@@H](C)C(=O)NCCCCCCN1N=C(c2ccc(NC(=O)N3Cc4ccncc4C3)cc2)CC(c2ccc3cccnc3c2)C1=O. The van der Waals surface area contributed by atoms with Crippen molar-refractivity contribution in [3.05, 3.63) is 102 Å². The molecule has 0 saturated heterocycles. The lowest BCUT2D eigenvalue weighted by atomic mass is 9.88. The number of nitrogens with two attached hydrogens (primary N) is 1. The predicted octanol–water partition coefficient (Wildman–Crippen LogP) is 5.06. The van der Waals surface area contributed by atoms with Crippen molar-refractivity contribution < 1.29 is 19.2 Å². The molecule has 0 spiro atoms. The van der Waals surface area contributed by atoms with Crippen molar-refractivity contribution in [2.45, 2.75) is 84.0 Å². The van der Waals surface area contributed by atoms with Crippen LogP contribution in [0.4, 0.5) is 10.5 Å². The Kier molecular flexibility index (Phi) is 12.3. The van der Waals surface area contributed by atoms with Gasteiger partial charge < -0.3 is 26.6 Å². The third-order valence-electron chi connectivity index (χ3n) is 10.1. The first-order chi connectivity index (χ1) is 26.1. The van der Waals surface area contributed by atoms with Crippen molar-refractivity contribution in [3.8, 4) is 0 Å². The fourth-order valence-corrected chi connectivity index (χ4v) is 6.69. The average Bonchev–Trinajstić information content (AvgIpc) is 3.62. The zero-order chi connectivity index (χ0) is 38.2. The van der Waals surface area contributed by atoms with Crippen molar-refractivity contribution >= 4 is 46.1 Å². The molecule has 2 aliphatic heterocycles. The summed E-state index contributed by atoms with van der Waals surface area (Å²) in [6.45, 7) is 7.36. The van der Waals surface area contributed by atoms with Gasteiger partial charge in [-0.3, -0.25) is 24.4 Å². The maximum absolute atomic E-state index is 13.9. The largest absolute Gasteiger partial charge is 0.354 e. The highest BCUT2D eigenvalue weighted by Crippen LogP contribution is 2.31. The van der Waals surface area contributed by atoms with Crippen LogP contribution in [0.15, 0.2) is 84.4 Å². The number of urea groups is 1. The molecule has 0 radical (unpaired) electrons. The predicted molar refractivity (Wildman–Crippen MR) is 208 cm³/mol. The summed E-state index contributed by atoms with van der Waals surface area (Å²) < 4.78 is 0. The van der Waals surface area contributed by atoms with E-state index in [0.29, 0.717) is 38.3 Å². The molecule has 2 unspecified atom stereocenters. The summed E-state index contributed by atoms with van der Waals surface area (Å²) in [6, 6.07) is 17.9. The molecule has 6 rings (SSSR count). The molecule has 54 heavy (non-hydrogen) atoms. The second-order valence-electron chi connectivity index (χ2n) is 14.4. The van der Waals surface area contributed by atoms with Crippen LogP contribution in [0.25, 0.3) is 10.9 Å². The Morgan fingerprint density at radius 2 is 1.69 bits per heavy atom. The number of benzene rings is 2. The number of nitrogens with one attached hydrogen (secondary N) is 3. The fourth-order valence-electron chi connectivity index (χ4n) is 6.69. The standard InChI is InChI=1S/C41H49N9O4/c1-26(2)37(42)39(52)46-27(3)38(51)45-17-6-4-5-7-20-50-40(53)34(30-11-10-28-9-8-18-44-35(28)21-30)22-36(48-50)29-12-14-33(15-13-29)47-41(54)49-24-31-16-19-43-23-32(31)25-49/h8-16,18-19,21,23,26-27,34,37H,4-7,17,20,22,24-25,42H2,1-3H3,(H,45,51)(H,46,52)(H,47,54)/t27-,34?,37?/m0/s1. The fraction of sp³-hybridized carbons (Fsp3) is 0.390. The number of hydrazone groups is 1. The Balaban J connectivity index is 1.06. The first-order valence-electron chi connectivity index (χ1n) is 18.7. The summed E-state index contributed by atoms with van der Waals surface area (Å²) in [7, 11) is 0. The van der Waals surface area contributed by atoms with Gasteiger partial charge in [0.2, 0.25) is 11.8 Å². The first kappa shape index (κ1) is 38.0. The molecule has 282 valence electrons. The van der Waals surface area contributed by atoms with E-state index < -0.39 is 18.0 Å². The lowest BCUT2D eigenvalue weighted by Crippen LogP contribution is -2.51. The van der Waals surface area contributed by atoms with Crippen molar-refractivity contribution in [2.75, 3.05) is 18.4 Å². The molecular formula is C41H49N9O4. The van der Waals surface area contributed by atoms with E-state index in [4.69, 9.17) is 10.8 Å². The number of anilines is 1. The van der Waals surface area contributed by atoms with Crippen LogP contribution in [0.2, 0.25) is 0 Å². The van der Waals surface area contributed by atoms with Gasteiger partial charge in [0.1, 0.15) is 6.04 Å². The van der Waals surface area contributed by atoms with Gasteiger partial charge in [0.15, 0.2) is 0 Å². The Bertz CT molecular complexity index is 1990. The smallest absolute Gasteiger partial charge is 0.322 e. The van der Waals surface area contributed by atoms with Gasteiger partial charge in [0, 0.05) is 62.3 Å². The molecule has 13 heteroatoms. The topological polar surface area (TPSA) is 175 Å². The number of nitrogens with zero attached hydrogens (tertiary/aromatic N) is 5. The second-order valence-corrected chi connectivity index (χ2v) is 14.4. The molecule has 13 nitrogen and oxygen atoms in total. The number of carbonyl (C=O) groups is 4. The third-order valence-corrected chi connectivity index (χ3v) is 10.1. The summed E-state index contributed by atoms with van der Waals surface area (Å²) in [4.78, 5) is 62.1. The molecule has 4 aromatic rings. The number of hydrogen-bond acceptors (Lipinski definition) is 8. The van der Waals surface area contributed by atoms with Crippen LogP contribution >= 0.6 is 0 Å². The summed E-state index contributed by atoms with van der Waals surface area (Å²) in [5.74, 6) is -1.10. The molecule has 0 fully saturated rings. The van der Waals surface area contributed by atoms with Gasteiger partial charge in [-0.15, -0.1) is 0 Å². The van der Waals surface area contributed by atoms with Crippen molar-refractivity contribution in [1.29, 1.82) is 0 Å². The number of aromatic nitrogens is 2. The summed E-state index contributed by atoms with van der Waals surface area (Å²) >= 11 is 0. The molecule has 3 atom stereocenters.